The maximum atomic E-state index is 13.8. The summed E-state index contributed by atoms with van der Waals surface area (Å²) in [6, 6.07) is 4.80. The molecular weight excluding hydrogens is 478 g/mol. The maximum absolute atomic E-state index is 13.8. The van der Waals surface area contributed by atoms with Crippen LogP contribution in [0.4, 0.5) is 19.4 Å². The molecule has 0 aliphatic heterocycles. The number of pyridine rings is 1. The highest BCUT2D eigenvalue weighted by Gasteiger charge is 2.14. The fourth-order valence-corrected chi connectivity index (χ4v) is 3.07. The van der Waals surface area contributed by atoms with Crippen molar-refractivity contribution in [2.45, 2.75) is 20.1 Å². The molecule has 0 saturated carbocycles. The molecule has 1 aromatic carbocycles. The molecule has 3 rings (SSSR count). The van der Waals surface area contributed by atoms with Crippen molar-refractivity contribution in [3.63, 3.8) is 0 Å². The third-order valence-electron chi connectivity index (χ3n) is 4.25. The Hall–Kier alpha value is -3.34. The minimum absolute atomic E-state index is 0.127. The van der Waals surface area contributed by atoms with E-state index in [-0.39, 0.29) is 40.3 Å². The van der Waals surface area contributed by atoms with Gasteiger partial charge in [-0.3, -0.25) is 15.1 Å². The van der Waals surface area contributed by atoms with E-state index in [1.54, 1.807) is 13.0 Å². The van der Waals surface area contributed by atoms with Crippen molar-refractivity contribution < 1.29 is 23.0 Å². The Balaban J connectivity index is 1.76. The SMILES string of the molecule is COC(=O)Nc1cnc(Cn2c(C)cc(OCc3ccc(F)cc3F)c(Br)c2=O)cn1. The Labute approximate surface area is 184 Å². The fraction of sp³-hybridized carbons (Fsp3) is 0.200. The minimum atomic E-state index is -0.732. The van der Waals surface area contributed by atoms with Gasteiger partial charge in [0.1, 0.15) is 28.5 Å². The van der Waals surface area contributed by atoms with Crippen LogP contribution in [0.15, 0.2) is 45.9 Å². The first-order chi connectivity index (χ1) is 14.8. The van der Waals surface area contributed by atoms with Gasteiger partial charge in [0.05, 0.1) is 31.7 Å². The predicted octanol–water partition coefficient (Wildman–Crippen LogP) is 3.79. The van der Waals surface area contributed by atoms with E-state index in [1.165, 1.54) is 30.1 Å². The van der Waals surface area contributed by atoms with E-state index in [4.69, 9.17) is 4.74 Å². The third kappa shape index (κ3) is 5.43. The lowest BCUT2D eigenvalue weighted by Crippen LogP contribution is -2.24. The number of rotatable bonds is 6. The fourth-order valence-electron chi connectivity index (χ4n) is 2.63. The number of aromatic nitrogens is 3. The van der Waals surface area contributed by atoms with Crippen LogP contribution in [0, 0.1) is 18.6 Å². The predicted molar refractivity (Wildman–Crippen MR) is 111 cm³/mol. The van der Waals surface area contributed by atoms with E-state index in [2.05, 4.69) is 36.0 Å². The molecule has 0 fully saturated rings. The van der Waals surface area contributed by atoms with Crippen LogP contribution in [0.2, 0.25) is 0 Å². The summed E-state index contributed by atoms with van der Waals surface area (Å²) in [5, 5.41) is 2.38. The molecule has 11 heteroatoms. The number of anilines is 1. The molecule has 0 radical (unpaired) electrons. The number of methoxy groups -OCH3 is 1. The van der Waals surface area contributed by atoms with Crippen LogP contribution < -0.4 is 15.6 Å². The van der Waals surface area contributed by atoms with E-state index in [1.807, 2.05) is 0 Å². The smallest absolute Gasteiger partial charge is 0.412 e. The molecule has 2 aromatic heterocycles. The Morgan fingerprint density at radius 2 is 2.00 bits per heavy atom. The number of ether oxygens (including phenoxy) is 2. The first-order valence-corrected chi connectivity index (χ1v) is 9.70. The van der Waals surface area contributed by atoms with E-state index < -0.39 is 17.7 Å². The number of benzene rings is 1. The number of carbonyl (C=O) groups excluding carboxylic acids is 1. The standard InChI is InChI=1S/C20H17BrF2N4O4/c1-11-5-16(31-10-12-3-4-13(22)6-15(12)23)18(21)19(28)27(11)9-14-7-25-17(8-24-14)26-20(29)30-2/h3-8H,9-10H2,1-2H3,(H,25,26,29). The second kappa shape index (κ2) is 9.65. The molecule has 0 unspecified atom stereocenters. The van der Waals surface area contributed by atoms with Crippen LogP contribution in [0.5, 0.6) is 5.75 Å². The molecule has 0 bridgehead atoms. The second-order valence-electron chi connectivity index (χ2n) is 6.39. The van der Waals surface area contributed by atoms with Crippen molar-refractivity contribution in [3.8, 4) is 5.75 Å². The number of nitrogens with zero attached hydrogens (tertiary/aromatic N) is 3. The first kappa shape index (κ1) is 22.3. The molecular formula is C20H17BrF2N4O4. The number of halogens is 3. The normalized spacial score (nSPS) is 10.6. The Morgan fingerprint density at radius 3 is 2.65 bits per heavy atom. The summed E-state index contributed by atoms with van der Waals surface area (Å²) < 4.78 is 38.5. The van der Waals surface area contributed by atoms with Crippen LogP contribution in [0.3, 0.4) is 0 Å². The summed E-state index contributed by atoms with van der Waals surface area (Å²) in [7, 11) is 1.23. The molecule has 31 heavy (non-hydrogen) atoms. The van der Waals surface area contributed by atoms with Crippen LogP contribution in [-0.2, 0) is 17.9 Å². The molecule has 1 N–H and O–H groups in total. The number of carbonyl (C=O) groups is 1. The van der Waals surface area contributed by atoms with E-state index >= 15 is 0 Å². The molecule has 0 aliphatic rings. The van der Waals surface area contributed by atoms with Crippen molar-refractivity contribution in [3.05, 3.63) is 80.1 Å². The molecule has 0 saturated heterocycles. The largest absolute Gasteiger partial charge is 0.487 e. The van der Waals surface area contributed by atoms with E-state index in [0.717, 1.165) is 12.1 Å². The average Bonchev–Trinajstić information content (AvgIpc) is 2.75. The monoisotopic (exact) mass is 494 g/mol. The highest BCUT2D eigenvalue weighted by atomic mass is 79.9. The van der Waals surface area contributed by atoms with Crippen molar-refractivity contribution >= 4 is 27.8 Å². The quantitative estimate of drug-likeness (QED) is 0.559. The number of nitrogens with one attached hydrogen (secondary N) is 1. The van der Waals surface area contributed by atoms with Gasteiger partial charge in [-0.05, 0) is 35.0 Å². The van der Waals surface area contributed by atoms with Crippen molar-refractivity contribution in [1.82, 2.24) is 14.5 Å². The summed E-state index contributed by atoms with van der Waals surface area (Å²) in [6.45, 7) is 1.66. The summed E-state index contributed by atoms with van der Waals surface area (Å²) in [4.78, 5) is 32.2. The van der Waals surface area contributed by atoms with Crippen molar-refractivity contribution in [1.29, 1.82) is 0 Å². The summed E-state index contributed by atoms with van der Waals surface area (Å²) in [6.07, 6.45) is 2.09. The van der Waals surface area contributed by atoms with Crippen molar-refractivity contribution in [2.75, 3.05) is 12.4 Å². The zero-order valence-corrected chi connectivity index (χ0v) is 18.1. The zero-order valence-electron chi connectivity index (χ0n) is 16.5. The highest BCUT2D eigenvalue weighted by molar-refractivity contribution is 9.10. The van der Waals surface area contributed by atoms with Crippen LogP contribution in [-0.4, -0.2) is 27.7 Å². The minimum Gasteiger partial charge on any atom is -0.487 e. The number of hydrogen-bond acceptors (Lipinski definition) is 6. The molecule has 1 amide bonds. The molecule has 8 nitrogen and oxygen atoms in total. The van der Waals surface area contributed by atoms with Gasteiger partial charge in [0, 0.05) is 23.4 Å². The van der Waals surface area contributed by atoms with Gasteiger partial charge < -0.3 is 14.0 Å². The van der Waals surface area contributed by atoms with Crippen LogP contribution in [0.25, 0.3) is 0 Å². The number of amides is 1. The van der Waals surface area contributed by atoms with Crippen LogP contribution in [0.1, 0.15) is 17.0 Å². The molecule has 0 spiro atoms. The second-order valence-corrected chi connectivity index (χ2v) is 7.18. The van der Waals surface area contributed by atoms with Gasteiger partial charge in [0.2, 0.25) is 0 Å². The zero-order chi connectivity index (χ0) is 22.5. The molecule has 3 aromatic rings. The summed E-state index contributed by atoms with van der Waals surface area (Å²) in [5.74, 6) is -0.980. The number of aryl methyl sites for hydroxylation is 1. The average molecular weight is 495 g/mol. The van der Waals surface area contributed by atoms with Gasteiger partial charge in [-0.2, -0.15) is 0 Å². The lowest BCUT2D eigenvalue weighted by Gasteiger charge is -2.14. The van der Waals surface area contributed by atoms with Crippen LogP contribution >= 0.6 is 15.9 Å². The van der Waals surface area contributed by atoms with Crippen molar-refractivity contribution in [2.24, 2.45) is 0 Å². The van der Waals surface area contributed by atoms with Gasteiger partial charge in [0.15, 0.2) is 5.82 Å². The molecule has 162 valence electrons. The third-order valence-corrected chi connectivity index (χ3v) is 4.98. The Kier molecular flexibility index (Phi) is 6.95. The number of hydrogen-bond donors (Lipinski definition) is 1. The van der Waals surface area contributed by atoms with E-state index in [9.17, 15) is 18.4 Å². The van der Waals surface area contributed by atoms with Gasteiger partial charge in [-0.1, -0.05) is 0 Å². The summed E-state index contributed by atoms with van der Waals surface area (Å²) >= 11 is 3.22. The Bertz CT molecular complexity index is 1170. The first-order valence-electron chi connectivity index (χ1n) is 8.91. The van der Waals surface area contributed by atoms with Gasteiger partial charge >= 0.3 is 6.09 Å². The highest BCUT2D eigenvalue weighted by Crippen LogP contribution is 2.24. The lowest BCUT2D eigenvalue weighted by atomic mass is 10.2. The topological polar surface area (TPSA) is 95.3 Å². The van der Waals surface area contributed by atoms with E-state index in [0.29, 0.717) is 11.4 Å². The summed E-state index contributed by atoms with van der Waals surface area (Å²) in [5.41, 5.74) is 0.829. The lowest BCUT2D eigenvalue weighted by molar-refractivity contribution is 0.187. The van der Waals surface area contributed by atoms with Gasteiger partial charge in [-0.15, -0.1) is 0 Å². The maximum Gasteiger partial charge on any atom is 0.412 e. The molecule has 0 atom stereocenters. The van der Waals surface area contributed by atoms with Gasteiger partial charge in [-0.25, -0.2) is 18.6 Å². The van der Waals surface area contributed by atoms with Gasteiger partial charge in [0.25, 0.3) is 5.56 Å². The molecule has 2 heterocycles. The molecule has 0 aliphatic carbocycles. The Morgan fingerprint density at radius 1 is 1.23 bits per heavy atom.